The number of azo groups is 1. The van der Waals surface area contributed by atoms with Gasteiger partial charge >= 0.3 is 5.91 Å². The number of nitrogens with zero attached hydrogens (tertiary/aromatic N) is 3. The fourth-order valence-corrected chi connectivity index (χ4v) is 3.99. The van der Waals surface area contributed by atoms with Gasteiger partial charge in [0.25, 0.3) is 0 Å². The molecule has 0 spiro atoms. The minimum atomic E-state index is -0.519. The predicted molar refractivity (Wildman–Crippen MR) is 131 cm³/mol. The summed E-state index contributed by atoms with van der Waals surface area (Å²) < 4.78 is 8.43. The number of amides is 1. The Morgan fingerprint density at radius 2 is 1.91 bits per heavy atom. The van der Waals surface area contributed by atoms with E-state index < -0.39 is 5.91 Å². The second-order valence-corrected chi connectivity index (χ2v) is 9.74. The number of unbranched alkanes of at least 4 members (excludes halogenated alkanes) is 2. The van der Waals surface area contributed by atoms with Crippen LogP contribution >= 0.6 is 15.9 Å². The summed E-state index contributed by atoms with van der Waals surface area (Å²) in [5.74, 6) is 0.155. The third-order valence-electron chi connectivity index (χ3n) is 5.27. The first-order chi connectivity index (χ1) is 15.2. The standard InChI is InChI=1S/C25H30BrN3O3/c1-5-6-9-14-29-20-13-12-17(26)15-18(20)23(24(29)31)28-27-22(30)16-32-21-11-8-7-10-19(21)25(2,3)4/h7-8,10-13,15,31H,5-6,9,14,16H2,1-4H3. The van der Waals surface area contributed by atoms with Crippen LogP contribution in [0.1, 0.15) is 52.5 Å². The second-order valence-electron chi connectivity index (χ2n) is 8.82. The van der Waals surface area contributed by atoms with Gasteiger partial charge < -0.3 is 14.4 Å². The van der Waals surface area contributed by atoms with Gasteiger partial charge in [0.05, 0.1) is 5.52 Å². The average molecular weight is 500 g/mol. The summed E-state index contributed by atoms with van der Waals surface area (Å²) in [5.41, 5.74) is 2.06. The van der Waals surface area contributed by atoms with Gasteiger partial charge in [-0.1, -0.05) is 74.7 Å². The molecule has 170 valence electrons. The van der Waals surface area contributed by atoms with Crippen molar-refractivity contribution < 1.29 is 14.6 Å². The van der Waals surface area contributed by atoms with Crippen LogP contribution in [0.25, 0.3) is 10.9 Å². The topological polar surface area (TPSA) is 76.2 Å². The number of halogens is 1. The molecule has 0 saturated heterocycles. The minimum Gasteiger partial charge on any atom is -0.493 e. The molecule has 3 rings (SSSR count). The largest absolute Gasteiger partial charge is 0.493 e. The van der Waals surface area contributed by atoms with Crippen LogP contribution in [0.2, 0.25) is 0 Å². The molecular formula is C25H30BrN3O3. The van der Waals surface area contributed by atoms with Crippen LogP contribution < -0.4 is 4.74 Å². The number of ether oxygens (including phenoxy) is 1. The maximum Gasteiger partial charge on any atom is 0.302 e. The quantitative estimate of drug-likeness (QED) is 0.261. The van der Waals surface area contributed by atoms with Gasteiger partial charge in [-0.15, -0.1) is 10.2 Å². The molecule has 1 heterocycles. The first kappa shape index (κ1) is 24.0. The molecule has 6 nitrogen and oxygen atoms in total. The lowest BCUT2D eigenvalue weighted by Gasteiger charge is -2.22. The molecule has 2 aromatic carbocycles. The number of aryl methyl sites for hydroxylation is 1. The number of rotatable bonds is 8. The van der Waals surface area contributed by atoms with Crippen molar-refractivity contribution in [1.82, 2.24) is 4.57 Å². The molecule has 0 saturated carbocycles. The first-order valence-corrected chi connectivity index (χ1v) is 11.7. The number of aromatic hydroxyl groups is 1. The smallest absolute Gasteiger partial charge is 0.302 e. The Balaban J connectivity index is 1.80. The van der Waals surface area contributed by atoms with Crippen LogP contribution in [0.3, 0.4) is 0 Å². The highest BCUT2D eigenvalue weighted by Gasteiger charge is 2.20. The molecule has 0 aliphatic carbocycles. The number of benzene rings is 2. The number of aromatic nitrogens is 1. The van der Waals surface area contributed by atoms with Crippen molar-refractivity contribution >= 4 is 38.4 Å². The van der Waals surface area contributed by atoms with Gasteiger partial charge in [0.2, 0.25) is 5.88 Å². The third kappa shape index (κ3) is 5.57. The van der Waals surface area contributed by atoms with Crippen molar-refractivity contribution in [2.45, 2.75) is 58.9 Å². The first-order valence-electron chi connectivity index (χ1n) is 10.9. The van der Waals surface area contributed by atoms with Crippen molar-refractivity contribution in [1.29, 1.82) is 0 Å². The zero-order chi connectivity index (χ0) is 23.3. The van der Waals surface area contributed by atoms with Crippen molar-refractivity contribution in [2.75, 3.05) is 6.61 Å². The van der Waals surface area contributed by atoms with Crippen molar-refractivity contribution in [3.63, 3.8) is 0 Å². The van der Waals surface area contributed by atoms with E-state index in [2.05, 4.69) is 53.9 Å². The number of para-hydroxylation sites is 1. The molecule has 0 fully saturated rings. The number of carbonyl (C=O) groups excluding carboxylic acids is 1. The van der Waals surface area contributed by atoms with E-state index in [0.29, 0.717) is 18.0 Å². The third-order valence-corrected chi connectivity index (χ3v) is 5.76. The fourth-order valence-electron chi connectivity index (χ4n) is 3.63. The summed E-state index contributed by atoms with van der Waals surface area (Å²) in [6.45, 7) is 8.86. The zero-order valence-corrected chi connectivity index (χ0v) is 20.6. The van der Waals surface area contributed by atoms with E-state index in [1.165, 1.54) is 0 Å². The Kier molecular flexibility index (Phi) is 7.72. The average Bonchev–Trinajstić information content (AvgIpc) is 3.00. The Morgan fingerprint density at radius 1 is 1.16 bits per heavy atom. The molecule has 3 aromatic rings. The SMILES string of the molecule is CCCCCn1c(O)c(N=NC(=O)COc2ccccc2C(C)(C)C)c2cc(Br)ccc21. The van der Waals surface area contributed by atoms with E-state index in [0.717, 1.165) is 40.2 Å². The van der Waals surface area contributed by atoms with Crippen LogP contribution in [0, 0.1) is 0 Å². The highest BCUT2D eigenvalue weighted by molar-refractivity contribution is 9.10. The number of hydrogen-bond acceptors (Lipinski definition) is 4. The van der Waals surface area contributed by atoms with Crippen LogP contribution in [-0.2, 0) is 16.8 Å². The molecule has 7 heteroatoms. The summed E-state index contributed by atoms with van der Waals surface area (Å²) in [7, 11) is 0. The van der Waals surface area contributed by atoms with Gasteiger partial charge in [-0.2, -0.15) is 0 Å². The van der Waals surface area contributed by atoms with E-state index in [-0.39, 0.29) is 17.9 Å². The Bertz CT molecular complexity index is 1130. The Morgan fingerprint density at radius 3 is 2.62 bits per heavy atom. The molecule has 1 amide bonds. The molecule has 0 radical (unpaired) electrons. The lowest BCUT2D eigenvalue weighted by atomic mass is 9.86. The van der Waals surface area contributed by atoms with Gasteiger partial charge in [0, 0.05) is 16.4 Å². The van der Waals surface area contributed by atoms with E-state index in [4.69, 9.17) is 4.74 Å². The Labute approximate surface area is 197 Å². The highest BCUT2D eigenvalue weighted by atomic mass is 79.9. The maximum atomic E-state index is 12.4. The van der Waals surface area contributed by atoms with E-state index in [1.807, 2.05) is 47.0 Å². The monoisotopic (exact) mass is 499 g/mol. The molecule has 1 N–H and O–H groups in total. The van der Waals surface area contributed by atoms with Gasteiger partial charge in [0.1, 0.15) is 5.75 Å². The number of fused-ring (bicyclic) bond motifs is 1. The van der Waals surface area contributed by atoms with E-state index in [9.17, 15) is 9.90 Å². The summed E-state index contributed by atoms with van der Waals surface area (Å²) in [6.07, 6.45) is 3.10. The van der Waals surface area contributed by atoms with Crippen LogP contribution in [0.4, 0.5) is 5.69 Å². The molecule has 0 aliphatic heterocycles. The van der Waals surface area contributed by atoms with Crippen molar-refractivity contribution in [3.05, 3.63) is 52.5 Å². The molecule has 0 unspecified atom stereocenters. The van der Waals surface area contributed by atoms with Crippen molar-refractivity contribution in [3.8, 4) is 11.6 Å². The normalized spacial score (nSPS) is 12.0. The Hall–Kier alpha value is -2.67. The van der Waals surface area contributed by atoms with Gasteiger partial charge in [0.15, 0.2) is 12.3 Å². The summed E-state index contributed by atoms with van der Waals surface area (Å²) >= 11 is 3.47. The van der Waals surface area contributed by atoms with Gasteiger partial charge in [-0.25, -0.2) is 0 Å². The van der Waals surface area contributed by atoms with Crippen LogP contribution in [0.5, 0.6) is 11.6 Å². The molecule has 0 bridgehead atoms. The zero-order valence-electron chi connectivity index (χ0n) is 19.1. The molecular weight excluding hydrogens is 470 g/mol. The van der Waals surface area contributed by atoms with E-state index >= 15 is 0 Å². The molecule has 1 aromatic heterocycles. The molecule has 32 heavy (non-hydrogen) atoms. The lowest BCUT2D eigenvalue weighted by Crippen LogP contribution is -2.15. The summed E-state index contributed by atoms with van der Waals surface area (Å²) in [6, 6.07) is 13.4. The fraction of sp³-hybridized carbons (Fsp3) is 0.400. The minimum absolute atomic E-state index is 0.0183. The van der Waals surface area contributed by atoms with Crippen LogP contribution in [0.15, 0.2) is 57.2 Å². The maximum absolute atomic E-state index is 12.4. The molecule has 0 atom stereocenters. The van der Waals surface area contributed by atoms with Crippen LogP contribution in [-0.4, -0.2) is 22.2 Å². The van der Waals surface area contributed by atoms with Gasteiger partial charge in [-0.3, -0.25) is 4.79 Å². The lowest BCUT2D eigenvalue weighted by molar-refractivity contribution is -0.120. The van der Waals surface area contributed by atoms with E-state index in [1.54, 1.807) is 0 Å². The number of hydrogen-bond donors (Lipinski definition) is 1. The predicted octanol–water partition coefficient (Wildman–Crippen LogP) is 7.29. The summed E-state index contributed by atoms with van der Waals surface area (Å²) in [5, 5.41) is 19.5. The second kappa shape index (κ2) is 10.3. The molecule has 0 aliphatic rings. The highest BCUT2D eigenvalue weighted by Crippen LogP contribution is 2.40. The van der Waals surface area contributed by atoms with Crippen molar-refractivity contribution in [2.24, 2.45) is 10.2 Å². The van der Waals surface area contributed by atoms with Gasteiger partial charge in [-0.05, 0) is 41.7 Å². The summed E-state index contributed by atoms with van der Waals surface area (Å²) in [4.78, 5) is 12.4. The number of carbonyl (C=O) groups is 1.